The highest BCUT2D eigenvalue weighted by Crippen LogP contribution is 2.23. The molecule has 0 saturated carbocycles. The summed E-state index contributed by atoms with van der Waals surface area (Å²) >= 11 is 0. The maximum atomic E-state index is 13.8. The van der Waals surface area contributed by atoms with Crippen molar-refractivity contribution in [3.05, 3.63) is 64.5 Å². The summed E-state index contributed by atoms with van der Waals surface area (Å²) in [5, 5.41) is 2.62. The normalized spacial score (nSPS) is 13.8. The fourth-order valence-electron chi connectivity index (χ4n) is 3.20. The van der Waals surface area contributed by atoms with Crippen molar-refractivity contribution in [2.24, 2.45) is 0 Å². The minimum atomic E-state index is -0.457. The molecule has 0 bridgehead atoms. The van der Waals surface area contributed by atoms with Crippen LogP contribution >= 0.6 is 0 Å². The largest absolute Gasteiger partial charge is 0.465 e. The molecule has 6 heteroatoms. The molecule has 0 atom stereocenters. The molecule has 0 aromatic heterocycles. The Balaban J connectivity index is 1.70. The third-order valence-corrected chi connectivity index (χ3v) is 4.52. The fourth-order valence-corrected chi connectivity index (χ4v) is 3.20. The molecule has 0 saturated heterocycles. The van der Waals surface area contributed by atoms with Crippen LogP contribution < -0.4 is 5.32 Å². The van der Waals surface area contributed by atoms with Gasteiger partial charge in [-0.05, 0) is 48.2 Å². The first kappa shape index (κ1) is 18.1. The first-order valence-electron chi connectivity index (χ1n) is 8.45. The highest BCUT2D eigenvalue weighted by Gasteiger charge is 2.23. The smallest absolute Gasteiger partial charge is 0.338 e. The van der Waals surface area contributed by atoms with E-state index in [-0.39, 0.29) is 24.1 Å². The van der Waals surface area contributed by atoms with E-state index >= 15 is 0 Å². The van der Waals surface area contributed by atoms with E-state index in [2.05, 4.69) is 5.32 Å². The minimum absolute atomic E-state index is 0.127. The van der Waals surface area contributed by atoms with Crippen LogP contribution in [-0.4, -0.2) is 37.0 Å². The molecule has 136 valence electrons. The van der Waals surface area contributed by atoms with Crippen molar-refractivity contribution in [2.45, 2.75) is 19.9 Å². The number of hydrogen-bond acceptors (Lipinski definition) is 4. The molecule has 3 rings (SSSR count). The Hall–Kier alpha value is -2.73. The molecule has 5 nitrogen and oxygen atoms in total. The molecular formula is C20H21FN2O3. The molecule has 26 heavy (non-hydrogen) atoms. The number of ether oxygens (including phenoxy) is 1. The summed E-state index contributed by atoms with van der Waals surface area (Å²) in [5.74, 6) is -1.12. The van der Waals surface area contributed by atoms with Gasteiger partial charge in [0.25, 0.3) is 0 Å². The van der Waals surface area contributed by atoms with Crippen LogP contribution in [0.5, 0.6) is 0 Å². The van der Waals surface area contributed by atoms with E-state index in [9.17, 15) is 14.0 Å². The molecule has 1 aliphatic rings. The number of halogens is 1. The van der Waals surface area contributed by atoms with Gasteiger partial charge in [-0.25, -0.2) is 9.18 Å². The van der Waals surface area contributed by atoms with E-state index < -0.39 is 5.82 Å². The summed E-state index contributed by atoms with van der Waals surface area (Å²) in [6.07, 6.45) is 0.742. The van der Waals surface area contributed by atoms with Crippen molar-refractivity contribution < 1.29 is 18.7 Å². The lowest BCUT2D eigenvalue weighted by molar-refractivity contribution is -0.117. The number of esters is 1. The molecule has 1 amide bonds. The zero-order valence-corrected chi connectivity index (χ0v) is 14.8. The number of aryl methyl sites for hydroxylation is 1. The number of methoxy groups -OCH3 is 1. The molecule has 2 aromatic carbocycles. The standard InChI is InChI=1S/C20H21FN2O3/c1-13-6-7-17(21)18(10-13)22-19(24)12-23-9-8-14-4-3-5-15(16(14)11-23)20(25)26-2/h3-7,10H,8-9,11-12H2,1-2H3,(H,22,24). The summed E-state index contributed by atoms with van der Waals surface area (Å²) in [6, 6.07) is 10.2. The van der Waals surface area contributed by atoms with Crippen LogP contribution in [0.15, 0.2) is 36.4 Å². The fraction of sp³-hybridized carbons (Fsp3) is 0.300. The first-order chi connectivity index (χ1) is 12.5. The third-order valence-electron chi connectivity index (χ3n) is 4.52. The molecule has 1 heterocycles. The van der Waals surface area contributed by atoms with E-state index in [0.717, 1.165) is 23.1 Å². The van der Waals surface area contributed by atoms with Crippen LogP contribution in [0.2, 0.25) is 0 Å². The van der Waals surface area contributed by atoms with Crippen molar-refractivity contribution in [2.75, 3.05) is 25.5 Å². The van der Waals surface area contributed by atoms with Gasteiger partial charge in [0, 0.05) is 13.1 Å². The van der Waals surface area contributed by atoms with E-state index in [1.807, 2.05) is 24.0 Å². The van der Waals surface area contributed by atoms with Crippen LogP contribution in [0.25, 0.3) is 0 Å². The molecule has 0 unspecified atom stereocenters. The highest BCUT2D eigenvalue weighted by molar-refractivity contribution is 5.93. The van der Waals surface area contributed by atoms with Gasteiger partial charge in [-0.2, -0.15) is 0 Å². The monoisotopic (exact) mass is 356 g/mol. The number of fused-ring (bicyclic) bond motifs is 1. The van der Waals surface area contributed by atoms with Crippen LogP contribution in [0, 0.1) is 12.7 Å². The Morgan fingerprint density at radius 1 is 1.27 bits per heavy atom. The van der Waals surface area contributed by atoms with Gasteiger partial charge >= 0.3 is 5.97 Å². The average Bonchev–Trinajstić information content (AvgIpc) is 2.63. The second-order valence-corrected chi connectivity index (χ2v) is 6.43. The van der Waals surface area contributed by atoms with Gasteiger partial charge in [0.2, 0.25) is 5.91 Å². The summed E-state index contributed by atoms with van der Waals surface area (Å²) in [7, 11) is 1.35. The van der Waals surface area contributed by atoms with E-state index in [1.54, 1.807) is 18.2 Å². The average molecular weight is 356 g/mol. The van der Waals surface area contributed by atoms with Crippen molar-refractivity contribution in [1.29, 1.82) is 0 Å². The number of benzene rings is 2. The summed E-state index contributed by atoms with van der Waals surface area (Å²) < 4.78 is 18.7. The first-order valence-corrected chi connectivity index (χ1v) is 8.45. The Bertz CT molecular complexity index is 851. The van der Waals surface area contributed by atoms with Gasteiger partial charge < -0.3 is 10.1 Å². The van der Waals surface area contributed by atoms with Gasteiger partial charge in [0.05, 0.1) is 24.9 Å². The van der Waals surface area contributed by atoms with Crippen LogP contribution in [0.3, 0.4) is 0 Å². The predicted molar refractivity (Wildman–Crippen MR) is 96.5 cm³/mol. The topological polar surface area (TPSA) is 58.6 Å². The third kappa shape index (κ3) is 3.91. The number of anilines is 1. The SMILES string of the molecule is COC(=O)c1cccc2c1CN(CC(=O)Nc1cc(C)ccc1F)CC2. The number of hydrogen-bond donors (Lipinski definition) is 1. The van der Waals surface area contributed by atoms with Gasteiger partial charge in [-0.15, -0.1) is 0 Å². The van der Waals surface area contributed by atoms with Crippen molar-refractivity contribution in [3.63, 3.8) is 0 Å². The number of carbonyl (C=O) groups excluding carboxylic acids is 2. The van der Waals surface area contributed by atoms with Crippen LogP contribution in [-0.2, 0) is 22.5 Å². The van der Waals surface area contributed by atoms with Gasteiger partial charge in [-0.3, -0.25) is 9.69 Å². The number of nitrogens with one attached hydrogen (secondary N) is 1. The number of nitrogens with zero attached hydrogens (tertiary/aromatic N) is 1. The van der Waals surface area contributed by atoms with Crippen LogP contribution in [0.4, 0.5) is 10.1 Å². The van der Waals surface area contributed by atoms with Crippen molar-refractivity contribution in [3.8, 4) is 0 Å². The zero-order valence-electron chi connectivity index (χ0n) is 14.8. The number of rotatable bonds is 4. The molecule has 1 aliphatic heterocycles. The van der Waals surface area contributed by atoms with E-state index in [0.29, 0.717) is 18.7 Å². The molecule has 1 N–H and O–H groups in total. The molecule has 0 fully saturated rings. The predicted octanol–water partition coefficient (Wildman–Crippen LogP) is 2.92. The summed E-state index contributed by atoms with van der Waals surface area (Å²) in [5.41, 5.74) is 3.56. The summed E-state index contributed by atoms with van der Waals surface area (Å²) in [6.45, 7) is 3.14. The van der Waals surface area contributed by atoms with E-state index in [4.69, 9.17) is 4.74 Å². The zero-order chi connectivity index (χ0) is 18.7. The van der Waals surface area contributed by atoms with Crippen molar-refractivity contribution in [1.82, 2.24) is 4.90 Å². The number of carbonyl (C=O) groups is 2. The van der Waals surface area contributed by atoms with E-state index in [1.165, 1.54) is 13.2 Å². The number of amides is 1. The summed E-state index contributed by atoms with van der Waals surface area (Å²) in [4.78, 5) is 26.2. The Labute approximate surface area is 151 Å². The quantitative estimate of drug-likeness (QED) is 0.856. The Morgan fingerprint density at radius 3 is 2.85 bits per heavy atom. The van der Waals surface area contributed by atoms with Gasteiger partial charge in [0.1, 0.15) is 5.82 Å². The van der Waals surface area contributed by atoms with Crippen molar-refractivity contribution >= 4 is 17.6 Å². The van der Waals surface area contributed by atoms with Crippen LogP contribution in [0.1, 0.15) is 27.0 Å². The van der Waals surface area contributed by atoms with Gasteiger partial charge in [-0.1, -0.05) is 18.2 Å². The highest BCUT2D eigenvalue weighted by atomic mass is 19.1. The Kier molecular flexibility index (Phi) is 5.32. The molecule has 0 spiro atoms. The lowest BCUT2D eigenvalue weighted by Gasteiger charge is -2.29. The second-order valence-electron chi connectivity index (χ2n) is 6.43. The molecular weight excluding hydrogens is 335 g/mol. The maximum absolute atomic E-state index is 13.8. The maximum Gasteiger partial charge on any atom is 0.338 e. The second kappa shape index (κ2) is 7.66. The molecule has 2 aromatic rings. The molecule has 0 radical (unpaired) electrons. The Morgan fingerprint density at radius 2 is 2.08 bits per heavy atom. The lowest BCUT2D eigenvalue weighted by atomic mass is 9.95. The lowest BCUT2D eigenvalue weighted by Crippen LogP contribution is -2.38. The minimum Gasteiger partial charge on any atom is -0.465 e. The van der Waals surface area contributed by atoms with Gasteiger partial charge in [0.15, 0.2) is 0 Å². The molecule has 0 aliphatic carbocycles.